The maximum Gasteiger partial charge on any atom is 0.125 e. The Balaban J connectivity index is 1.36. The molecule has 0 aliphatic heterocycles. The van der Waals surface area contributed by atoms with Gasteiger partial charge in [0.2, 0.25) is 0 Å². The van der Waals surface area contributed by atoms with Gasteiger partial charge in [-0.3, -0.25) is 0 Å². The second-order valence-electron chi connectivity index (χ2n) is 9.04. The first-order valence-corrected chi connectivity index (χ1v) is 12.3. The minimum absolute atomic E-state index is 0.280. The van der Waals surface area contributed by atoms with E-state index in [2.05, 4.69) is 47.4 Å². The van der Waals surface area contributed by atoms with E-state index >= 15 is 0 Å². The van der Waals surface area contributed by atoms with Gasteiger partial charge in [-0.05, 0) is 60.9 Å². The largest absolute Gasteiger partial charge is 0.508 e. The predicted molar refractivity (Wildman–Crippen MR) is 150 cm³/mol. The molecule has 0 unspecified atom stereocenters. The molecule has 6 rings (SSSR count). The molecule has 0 radical (unpaired) electrons. The zero-order chi connectivity index (χ0) is 24.8. The Kier molecular flexibility index (Phi) is 5.46. The van der Waals surface area contributed by atoms with Crippen molar-refractivity contribution in [3.05, 3.63) is 108 Å². The van der Waals surface area contributed by atoms with Crippen molar-refractivity contribution >= 4 is 55.2 Å². The van der Waals surface area contributed by atoms with Crippen molar-refractivity contribution in [2.24, 2.45) is 0 Å². The Hall–Kier alpha value is -4.15. The number of H-pyrrole nitrogens is 2. The van der Waals surface area contributed by atoms with Crippen molar-refractivity contribution in [2.75, 3.05) is 0 Å². The summed E-state index contributed by atoms with van der Waals surface area (Å²) in [5.41, 5.74) is 6.99. The molecule has 0 bridgehead atoms. The van der Waals surface area contributed by atoms with Crippen LogP contribution in [0.4, 0.5) is 0 Å². The third-order valence-corrected chi connectivity index (χ3v) is 7.05. The first-order valence-electron chi connectivity index (χ1n) is 11.9. The maximum atomic E-state index is 10.3. The number of benzene rings is 4. The molecule has 4 aromatic carbocycles. The molecule has 0 amide bonds. The van der Waals surface area contributed by atoms with Gasteiger partial charge in [0.05, 0.1) is 11.0 Å². The molecular weight excluding hydrogens is 468 g/mol. The fourth-order valence-electron chi connectivity index (χ4n) is 5.14. The number of aromatic hydroxyl groups is 1. The van der Waals surface area contributed by atoms with Crippen LogP contribution >= 0.6 is 11.6 Å². The highest BCUT2D eigenvalue weighted by Gasteiger charge is 2.15. The van der Waals surface area contributed by atoms with Gasteiger partial charge in [0, 0.05) is 48.7 Å². The Morgan fingerprint density at radius 1 is 0.750 bits per heavy atom. The number of fused-ring (bicyclic) bond motifs is 6. The summed E-state index contributed by atoms with van der Waals surface area (Å²) in [5.74, 6) is 1.11. The van der Waals surface area contributed by atoms with Gasteiger partial charge in [0.1, 0.15) is 18.1 Å². The van der Waals surface area contributed by atoms with E-state index in [0.717, 1.165) is 66.1 Å². The van der Waals surface area contributed by atoms with E-state index < -0.39 is 0 Å². The molecule has 0 saturated heterocycles. The van der Waals surface area contributed by atoms with E-state index in [1.807, 2.05) is 36.4 Å². The zero-order valence-electron chi connectivity index (χ0n) is 19.7. The molecule has 3 N–H and O–H groups in total. The van der Waals surface area contributed by atoms with Gasteiger partial charge >= 0.3 is 0 Å². The molecule has 0 atom stereocenters. The van der Waals surface area contributed by atoms with E-state index in [1.165, 1.54) is 0 Å². The molecule has 178 valence electrons. The monoisotopic (exact) mass is 492 g/mol. The second kappa shape index (κ2) is 8.81. The fourth-order valence-corrected chi connectivity index (χ4v) is 5.31. The average Bonchev–Trinajstić information content (AvgIpc) is 3.43. The lowest BCUT2D eigenvalue weighted by Crippen LogP contribution is -1.99. The van der Waals surface area contributed by atoms with Crippen molar-refractivity contribution in [3.63, 3.8) is 0 Å². The number of phenolic OH excluding ortho intramolecular Hbond substituents is 1. The highest BCUT2D eigenvalue weighted by atomic mass is 35.5. The fraction of sp³-hybridized carbons (Fsp3) is 0.0968. The Morgan fingerprint density at radius 2 is 1.36 bits per heavy atom. The number of hydrogen-bond acceptors (Lipinski definition) is 2. The van der Waals surface area contributed by atoms with Crippen LogP contribution in [-0.4, -0.2) is 15.1 Å². The average molecular weight is 493 g/mol. The molecule has 4 nitrogen and oxygen atoms in total. The molecular formula is C31H25ClN2O2. The lowest BCUT2D eigenvalue weighted by Gasteiger charge is -2.12. The summed E-state index contributed by atoms with van der Waals surface area (Å²) < 4.78 is 6.35. The van der Waals surface area contributed by atoms with E-state index in [-0.39, 0.29) is 5.75 Å². The third-order valence-electron chi connectivity index (χ3n) is 6.81. The Bertz CT molecular complexity index is 1810. The number of phenols is 1. The van der Waals surface area contributed by atoms with E-state index in [0.29, 0.717) is 24.5 Å². The summed E-state index contributed by atoms with van der Waals surface area (Å²) in [6.45, 7) is 8.21. The minimum Gasteiger partial charge on any atom is -0.508 e. The van der Waals surface area contributed by atoms with Gasteiger partial charge in [-0.1, -0.05) is 42.0 Å². The van der Waals surface area contributed by atoms with Crippen LogP contribution in [0.5, 0.6) is 11.5 Å². The standard InChI is InChI=1S/C31H25ClN2O2/c1-3-5-24-28(35)13-11-22-20-9-7-18(15-26(20)33-30(22)24)17-36-29-14-12-23-21-10-8-19(32)16-27(21)34-31(23)25(29)6-4-2/h3-4,7-16,33-35H,1-2,5-6,17H2. The molecule has 0 fully saturated rings. The van der Waals surface area contributed by atoms with Crippen molar-refractivity contribution in [1.29, 1.82) is 0 Å². The van der Waals surface area contributed by atoms with Crippen LogP contribution in [-0.2, 0) is 19.4 Å². The molecule has 5 heteroatoms. The SMILES string of the molecule is C=CCc1c(O)ccc2c1[nH]c1cc(COc3ccc4c([nH]c5cc(Cl)ccc54)c3CC=C)ccc12. The van der Waals surface area contributed by atoms with Crippen molar-refractivity contribution < 1.29 is 9.84 Å². The zero-order valence-corrected chi connectivity index (χ0v) is 20.5. The summed E-state index contributed by atoms with van der Waals surface area (Å²) >= 11 is 6.22. The van der Waals surface area contributed by atoms with Crippen molar-refractivity contribution in [2.45, 2.75) is 19.4 Å². The first kappa shape index (κ1) is 22.3. The summed E-state index contributed by atoms with van der Waals surface area (Å²) in [5, 5.41) is 15.5. The summed E-state index contributed by atoms with van der Waals surface area (Å²) in [6.07, 6.45) is 4.98. The minimum atomic E-state index is 0.280. The normalized spacial score (nSPS) is 11.6. The summed E-state index contributed by atoms with van der Waals surface area (Å²) in [7, 11) is 0. The third kappa shape index (κ3) is 3.62. The van der Waals surface area contributed by atoms with Crippen LogP contribution in [0.15, 0.2) is 86.0 Å². The van der Waals surface area contributed by atoms with Gasteiger partial charge < -0.3 is 19.8 Å². The van der Waals surface area contributed by atoms with Gasteiger partial charge in [-0.2, -0.15) is 0 Å². The maximum absolute atomic E-state index is 10.3. The van der Waals surface area contributed by atoms with Crippen LogP contribution in [0, 0.1) is 0 Å². The molecule has 2 heterocycles. The van der Waals surface area contributed by atoms with Gasteiger partial charge in [0.25, 0.3) is 0 Å². The van der Waals surface area contributed by atoms with Crippen LogP contribution < -0.4 is 4.74 Å². The Morgan fingerprint density at radius 3 is 2.11 bits per heavy atom. The van der Waals surface area contributed by atoms with Crippen molar-refractivity contribution in [3.8, 4) is 11.5 Å². The lowest BCUT2D eigenvalue weighted by atomic mass is 10.0. The number of aromatic nitrogens is 2. The van der Waals surface area contributed by atoms with Crippen LogP contribution in [0.3, 0.4) is 0 Å². The summed E-state index contributed by atoms with van der Waals surface area (Å²) in [6, 6.07) is 20.1. The Labute approximate surface area is 213 Å². The second-order valence-corrected chi connectivity index (χ2v) is 9.48. The molecule has 0 aliphatic rings. The lowest BCUT2D eigenvalue weighted by molar-refractivity contribution is 0.304. The predicted octanol–water partition coefficient (Wildman–Crippen LogP) is 8.35. The van der Waals surface area contributed by atoms with Crippen LogP contribution in [0.25, 0.3) is 43.6 Å². The van der Waals surface area contributed by atoms with E-state index in [1.54, 1.807) is 12.1 Å². The van der Waals surface area contributed by atoms with Gasteiger partial charge in [0.15, 0.2) is 0 Å². The number of allylic oxidation sites excluding steroid dienone is 2. The number of ether oxygens (including phenoxy) is 1. The van der Waals surface area contributed by atoms with Crippen LogP contribution in [0.1, 0.15) is 16.7 Å². The van der Waals surface area contributed by atoms with Crippen LogP contribution in [0.2, 0.25) is 5.02 Å². The molecule has 2 aromatic heterocycles. The van der Waals surface area contributed by atoms with Gasteiger partial charge in [-0.25, -0.2) is 0 Å². The summed E-state index contributed by atoms with van der Waals surface area (Å²) in [4.78, 5) is 7.02. The smallest absolute Gasteiger partial charge is 0.125 e. The molecule has 0 aliphatic carbocycles. The highest BCUT2D eigenvalue weighted by Crippen LogP contribution is 2.36. The van der Waals surface area contributed by atoms with E-state index in [4.69, 9.17) is 16.3 Å². The van der Waals surface area contributed by atoms with Crippen molar-refractivity contribution in [1.82, 2.24) is 9.97 Å². The first-order chi connectivity index (χ1) is 17.6. The van der Waals surface area contributed by atoms with Gasteiger partial charge in [-0.15, -0.1) is 13.2 Å². The van der Waals surface area contributed by atoms with E-state index in [9.17, 15) is 5.11 Å². The number of aromatic amines is 2. The topological polar surface area (TPSA) is 61.0 Å². The molecule has 6 aromatic rings. The molecule has 0 spiro atoms. The number of halogens is 1. The molecule has 36 heavy (non-hydrogen) atoms. The quantitative estimate of drug-likeness (QED) is 0.196. The number of rotatable bonds is 7. The highest BCUT2D eigenvalue weighted by molar-refractivity contribution is 6.31. The number of hydrogen-bond donors (Lipinski definition) is 3. The number of nitrogens with one attached hydrogen (secondary N) is 2. The molecule has 0 saturated carbocycles.